The van der Waals surface area contributed by atoms with Gasteiger partial charge in [0.25, 0.3) is 0 Å². The van der Waals surface area contributed by atoms with Gasteiger partial charge in [0.2, 0.25) is 12.3 Å². The SMILES string of the molecule is CC(C)(CC(N)C(N)=O)C(F)F.O=C(O)C(F)(F)F. The number of carbonyl (C=O) groups is 2. The summed E-state index contributed by atoms with van der Waals surface area (Å²) in [5.74, 6) is -3.50. The maximum atomic E-state index is 12.2. The molecule has 0 saturated heterocycles. The zero-order valence-corrected chi connectivity index (χ0v) is 10.2. The number of nitrogens with two attached hydrogens (primary N) is 2. The zero-order chi connectivity index (χ0) is 16.0. The molecular formula is C9H15F5N2O3. The molecule has 19 heavy (non-hydrogen) atoms. The van der Waals surface area contributed by atoms with E-state index in [1.165, 1.54) is 13.8 Å². The van der Waals surface area contributed by atoms with Crippen LogP contribution in [0.4, 0.5) is 22.0 Å². The highest BCUT2D eigenvalue weighted by Crippen LogP contribution is 2.29. The Balaban J connectivity index is 0. The molecule has 1 atom stereocenters. The van der Waals surface area contributed by atoms with Gasteiger partial charge in [-0.2, -0.15) is 13.2 Å². The predicted octanol–water partition coefficient (Wildman–Crippen LogP) is 1.11. The van der Waals surface area contributed by atoms with Crippen molar-refractivity contribution in [3.63, 3.8) is 0 Å². The molecule has 1 unspecified atom stereocenters. The van der Waals surface area contributed by atoms with Crippen LogP contribution in [0.2, 0.25) is 0 Å². The lowest BCUT2D eigenvalue weighted by molar-refractivity contribution is -0.192. The molecule has 0 aliphatic carbocycles. The minimum atomic E-state index is -5.08. The molecule has 0 aliphatic heterocycles. The highest BCUT2D eigenvalue weighted by atomic mass is 19.4. The number of carboxylic acids is 1. The first-order chi connectivity index (χ1) is 8.21. The number of carboxylic acid groups (broad SMARTS) is 1. The van der Waals surface area contributed by atoms with E-state index in [9.17, 15) is 26.7 Å². The number of carbonyl (C=O) groups excluding carboxylic acids is 1. The lowest BCUT2D eigenvalue weighted by Gasteiger charge is -2.25. The average Bonchev–Trinajstić information content (AvgIpc) is 2.15. The average molecular weight is 294 g/mol. The molecule has 10 heteroatoms. The summed E-state index contributed by atoms with van der Waals surface area (Å²) in [7, 11) is 0. The van der Waals surface area contributed by atoms with Crippen molar-refractivity contribution in [2.45, 2.75) is 38.9 Å². The Morgan fingerprint density at radius 3 is 1.68 bits per heavy atom. The van der Waals surface area contributed by atoms with Gasteiger partial charge in [-0.1, -0.05) is 13.8 Å². The Labute approximate surface area is 105 Å². The highest BCUT2D eigenvalue weighted by Gasteiger charge is 2.38. The molecule has 1 amide bonds. The Kier molecular flexibility index (Phi) is 7.55. The first kappa shape index (κ1) is 19.9. The van der Waals surface area contributed by atoms with Gasteiger partial charge in [0.15, 0.2) is 0 Å². The third-order valence-corrected chi connectivity index (χ3v) is 1.94. The van der Waals surface area contributed by atoms with Gasteiger partial charge in [-0.15, -0.1) is 0 Å². The molecule has 0 aromatic heterocycles. The summed E-state index contributed by atoms with van der Waals surface area (Å²) in [4.78, 5) is 19.3. The zero-order valence-electron chi connectivity index (χ0n) is 10.2. The van der Waals surface area contributed by atoms with Gasteiger partial charge >= 0.3 is 12.1 Å². The summed E-state index contributed by atoms with van der Waals surface area (Å²) < 4.78 is 56.2. The van der Waals surface area contributed by atoms with Gasteiger partial charge in [-0.05, 0) is 6.42 Å². The van der Waals surface area contributed by atoms with Crippen LogP contribution in [-0.4, -0.2) is 35.6 Å². The van der Waals surface area contributed by atoms with Crippen LogP contribution < -0.4 is 11.5 Å². The molecule has 0 bridgehead atoms. The van der Waals surface area contributed by atoms with Crippen molar-refractivity contribution in [2.24, 2.45) is 16.9 Å². The summed E-state index contributed by atoms with van der Waals surface area (Å²) in [6.45, 7) is 2.70. The van der Waals surface area contributed by atoms with Crippen molar-refractivity contribution < 1.29 is 36.6 Å². The van der Waals surface area contributed by atoms with E-state index in [-0.39, 0.29) is 6.42 Å². The summed E-state index contributed by atoms with van der Waals surface area (Å²) in [5.41, 5.74) is 8.81. The fraction of sp³-hybridized carbons (Fsp3) is 0.778. The first-order valence-electron chi connectivity index (χ1n) is 4.85. The van der Waals surface area contributed by atoms with Crippen LogP contribution in [0.15, 0.2) is 0 Å². The number of alkyl halides is 5. The number of rotatable bonds is 4. The van der Waals surface area contributed by atoms with E-state index in [1.807, 2.05) is 0 Å². The van der Waals surface area contributed by atoms with Crippen LogP contribution >= 0.6 is 0 Å². The number of primary amides is 1. The second-order valence-electron chi connectivity index (χ2n) is 4.31. The smallest absolute Gasteiger partial charge is 0.475 e. The lowest BCUT2D eigenvalue weighted by Crippen LogP contribution is -2.41. The molecular weight excluding hydrogens is 279 g/mol. The molecule has 0 fully saturated rings. The topological polar surface area (TPSA) is 106 Å². The number of halogens is 5. The van der Waals surface area contributed by atoms with E-state index in [2.05, 4.69) is 0 Å². The fourth-order valence-electron chi connectivity index (χ4n) is 0.756. The van der Waals surface area contributed by atoms with Gasteiger partial charge in [0.05, 0.1) is 6.04 Å². The largest absolute Gasteiger partial charge is 0.490 e. The van der Waals surface area contributed by atoms with Crippen molar-refractivity contribution in [3.8, 4) is 0 Å². The number of aliphatic carboxylic acids is 1. The van der Waals surface area contributed by atoms with E-state index in [0.717, 1.165) is 0 Å². The highest BCUT2D eigenvalue weighted by molar-refractivity contribution is 5.79. The Morgan fingerprint density at radius 2 is 1.53 bits per heavy atom. The second-order valence-corrected chi connectivity index (χ2v) is 4.31. The number of hydrogen-bond donors (Lipinski definition) is 3. The van der Waals surface area contributed by atoms with Crippen LogP contribution in [0.5, 0.6) is 0 Å². The Hall–Kier alpha value is -1.45. The normalized spacial score (nSPS) is 13.5. The van der Waals surface area contributed by atoms with E-state index in [0.29, 0.717) is 0 Å². The van der Waals surface area contributed by atoms with E-state index < -0.39 is 35.9 Å². The first-order valence-corrected chi connectivity index (χ1v) is 4.85. The summed E-state index contributed by atoms with van der Waals surface area (Å²) in [6.07, 6.45) is -7.68. The molecule has 0 radical (unpaired) electrons. The summed E-state index contributed by atoms with van der Waals surface area (Å²) in [5, 5.41) is 7.12. The number of amides is 1. The van der Waals surface area contributed by atoms with Gasteiger partial charge < -0.3 is 16.6 Å². The predicted molar refractivity (Wildman–Crippen MR) is 55.3 cm³/mol. The van der Waals surface area contributed by atoms with Crippen molar-refractivity contribution >= 4 is 11.9 Å². The minimum absolute atomic E-state index is 0.0972. The number of hydrogen-bond acceptors (Lipinski definition) is 3. The monoisotopic (exact) mass is 294 g/mol. The van der Waals surface area contributed by atoms with Crippen LogP contribution in [-0.2, 0) is 9.59 Å². The Morgan fingerprint density at radius 1 is 1.21 bits per heavy atom. The van der Waals surface area contributed by atoms with Crippen molar-refractivity contribution in [2.75, 3.05) is 0 Å². The van der Waals surface area contributed by atoms with Crippen LogP contribution in [0.3, 0.4) is 0 Å². The van der Waals surface area contributed by atoms with Crippen LogP contribution in [0.25, 0.3) is 0 Å². The lowest BCUT2D eigenvalue weighted by atomic mass is 9.86. The quantitative estimate of drug-likeness (QED) is 0.675. The van der Waals surface area contributed by atoms with Crippen LogP contribution in [0.1, 0.15) is 20.3 Å². The maximum absolute atomic E-state index is 12.2. The van der Waals surface area contributed by atoms with Crippen molar-refractivity contribution in [3.05, 3.63) is 0 Å². The van der Waals surface area contributed by atoms with E-state index in [4.69, 9.17) is 21.4 Å². The van der Waals surface area contributed by atoms with Crippen LogP contribution in [0, 0.1) is 5.41 Å². The Bertz CT molecular complexity index is 317. The molecule has 5 N–H and O–H groups in total. The van der Waals surface area contributed by atoms with Gasteiger partial charge in [-0.3, -0.25) is 4.79 Å². The van der Waals surface area contributed by atoms with Gasteiger partial charge in [0, 0.05) is 5.41 Å². The molecule has 0 heterocycles. The third-order valence-electron chi connectivity index (χ3n) is 1.94. The van der Waals surface area contributed by atoms with Gasteiger partial charge in [0.1, 0.15) is 0 Å². The van der Waals surface area contributed by atoms with E-state index >= 15 is 0 Å². The third kappa shape index (κ3) is 9.17. The summed E-state index contributed by atoms with van der Waals surface area (Å²) in [6, 6.07) is -0.992. The molecule has 0 aromatic carbocycles. The molecule has 0 saturated carbocycles. The minimum Gasteiger partial charge on any atom is -0.475 e. The molecule has 0 aromatic rings. The van der Waals surface area contributed by atoms with Crippen molar-refractivity contribution in [1.82, 2.24) is 0 Å². The molecule has 114 valence electrons. The maximum Gasteiger partial charge on any atom is 0.490 e. The van der Waals surface area contributed by atoms with E-state index in [1.54, 1.807) is 0 Å². The standard InChI is InChI=1S/C7H14F2N2O.C2HF3O2/c1-7(2,6(8)9)3-4(10)5(11)12;3-2(4,5)1(6)7/h4,6H,3,10H2,1-2H3,(H2,11,12);(H,6,7). The molecule has 0 aliphatic rings. The van der Waals surface area contributed by atoms with Gasteiger partial charge in [-0.25, -0.2) is 13.6 Å². The van der Waals surface area contributed by atoms with Crippen molar-refractivity contribution in [1.29, 1.82) is 0 Å². The molecule has 5 nitrogen and oxygen atoms in total. The molecule has 0 rings (SSSR count). The molecule has 0 spiro atoms. The summed E-state index contributed by atoms with van der Waals surface area (Å²) >= 11 is 0. The fourth-order valence-corrected chi connectivity index (χ4v) is 0.756. The second kappa shape index (κ2) is 7.22.